The lowest BCUT2D eigenvalue weighted by Crippen LogP contribution is -2.47. The fourth-order valence-corrected chi connectivity index (χ4v) is 4.80. The van der Waals surface area contributed by atoms with Gasteiger partial charge in [-0.05, 0) is 57.1 Å². The van der Waals surface area contributed by atoms with Gasteiger partial charge >= 0.3 is 0 Å². The molecule has 0 amide bonds. The van der Waals surface area contributed by atoms with Crippen LogP contribution in [-0.2, 0) is 6.42 Å². The topological polar surface area (TPSA) is 38.1 Å². The summed E-state index contributed by atoms with van der Waals surface area (Å²) in [5.41, 5.74) is 2.56. The predicted molar refractivity (Wildman–Crippen MR) is 107 cm³/mol. The van der Waals surface area contributed by atoms with Gasteiger partial charge in [-0.3, -0.25) is 4.79 Å². The van der Waals surface area contributed by atoms with Gasteiger partial charge in [0.1, 0.15) is 5.02 Å². The Morgan fingerprint density at radius 2 is 1.73 bits per heavy atom. The van der Waals surface area contributed by atoms with Crippen LogP contribution in [0.15, 0.2) is 35.3 Å². The average molecular weight is 392 g/mol. The van der Waals surface area contributed by atoms with Gasteiger partial charge < -0.3 is 4.90 Å². The zero-order valence-corrected chi connectivity index (χ0v) is 16.4. The third kappa shape index (κ3) is 3.14. The van der Waals surface area contributed by atoms with E-state index in [9.17, 15) is 4.79 Å². The number of anilines is 1. The van der Waals surface area contributed by atoms with Gasteiger partial charge in [-0.1, -0.05) is 41.4 Å². The van der Waals surface area contributed by atoms with Gasteiger partial charge in [-0.2, -0.15) is 5.10 Å². The summed E-state index contributed by atoms with van der Waals surface area (Å²) in [6.07, 6.45) is 7.80. The van der Waals surface area contributed by atoms with Gasteiger partial charge in [-0.25, -0.2) is 4.68 Å². The summed E-state index contributed by atoms with van der Waals surface area (Å²) < 4.78 is 1.53. The third-order valence-electron chi connectivity index (χ3n) is 5.88. The minimum atomic E-state index is -0.278. The largest absolute Gasteiger partial charge is 0.366 e. The fourth-order valence-electron chi connectivity index (χ4n) is 4.54. The van der Waals surface area contributed by atoms with Crippen molar-refractivity contribution in [3.63, 3.8) is 0 Å². The van der Waals surface area contributed by atoms with Crippen molar-refractivity contribution >= 4 is 28.9 Å². The second kappa shape index (κ2) is 7.24. The van der Waals surface area contributed by atoms with Gasteiger partial charge in [0.05, 0.1) is 17.3 Å². The first-order valence-electron chi connectivity index (χ1n) is 9.35. The van der Waals surface area contributed by atoms with Crippen LogP contribution in [0.25, 0.3) is 0 Å². The Hall–Kier alpha value is -1.52. The maximum Gasteiger partial charge on any atom is 0.287 e. The molecule has 0 saturated heterocycles. The summed E-state index contributed by atoms with van der Waals surface area (Å²) in [6.45, 7) is 2.33. The lowest BCUT2D eigenvalue weighted by molar-refractivity contribution is 0.277. The Morgan fingerprint density at radius 1 is 1.04 bits per heavy atom. The molecule has 4 nitrogen and oxygen atoms in total. The van der Waals surface area contributed by atoms with Crippen molar-refractivity contribution in [2.24, 2.45) is 0 Å². The van der Waals surface area contributed by atoms with Crippen LogP contribution in [0.5, 0.6) is 0 Å². The number of rotatable bonds is 2. The van der Waals surface area contributed by atoms with Crippen molar-refractivity contribution in [1.29, 1.82) is 0 Å². The number of hydrogen-bond donors (Lipinski definition) is 0. The SMILES string of the molecule is C[C@@H]1CCc2ccccc2N1C1CCC(n2ncc(Cl)c(Cl)c2=O)CC1. The van der Waals surface area contributed by atoms with Crippen molar-refractivity contribution < 1.29 is 0 Å². The van der Waals surface area contributed by atoms with Crippen LogP contribution < -0.4 is 10.5 Å². The Balaban J connectivity index is 1.53. The quantitative estimate of drug-likeness (QED) is 0.732. The molecule has 4 rings (SSSR count). The minimum absolute atomic E-state index is 0.0716. The molecule has 1 aromatic carbocycles. The first-order valence-corrected chi connectivity index (χ1v) is 10.1. The van der Waals surface area contributed by atoms with E-state index in [0.717, 1.165) is 32.1 Å². The van der Waals surface area contributed by atoms with Gasteiger partial charge in [0.2, 0.25) is 0 Å². The maximum absolute atomic E-state index is 12.4. The van der Waals surface area contributed by atoms with Crippen LogP contribution in [-0.4, -0.2) is 21.9 Å². The van der Waals surface area contributed by atoms with E-state index in [2.05, 4.69) is 41.2 Å². The van der Waals surface area contributed by atoms with Crippen molar-refractivity contribution in [3.05, 3.63) is 56.4 Å². The second-order valence-electron chi connectivity index (χ2n) is 7.44. The van der Waals surface area contributed by atoms with Gasteiger partial charge in [0.25, 0.3) is 5.56 Å². The Kier molecular flexibility index (Phi) is 4.98. The van der Waals surface area contributed by atoms with Gasteiger partial charge in [0.15, 0.2) is 0 Å². The molecule has 2 aromatic rings. The second-order valence-corrected chi connectivity index (χ2v) is 8.23. The van der Waals surface area contributed by atoms with E-state index < -0.39 is 0 Å². The van der Waals surface area contributed by atoms with Crippen molar-refractivity contribution in [2.75, 3.05) is 4.90 Å². The molecule has 1 aliphatic carbocycles. The highest BCUT2D eigenvalue weighted by molar-refractivity contribution is 6.41. The molecule has 138 valence electrons. The molecule has 2 aliphatic rings. The van der Waals surface area contributed by atoms with E-state index in [0.29, 0.717) is 12.1 Å². The molecule has 0 spiro atoms. The molecule has 26 heavy (non-hydrogen) atoms. The number of para-hydroxylation sites is 1. The summed E-state index contributed by atoms with van der Waals surface area (Å²) in [6, 6.07) is 9.93. The summed E-state index contributed by atoms with van der Waals surface area (Å²) >= 11 is 11.9. The van der Waals surface area contributed by atoms with E-state index in [4.69, 9.17) is 23.2 Å². The van der Waals surface area contributed by atoms with Gasteiger partial charge in [-0.15, -0.1) is 0 Å². The number of aryl methyl sites for hydroxylation is 1. The molecule has 6 heteroatoms. The highest BCUT2D eigenvalue weighted by Crippen LogP contribution is 2.38. The van der Waals surface area contributed by atoms with E-state index >= 15 is 0 Å². The standard InChI is InChI=1S/C20H23Cl2N3O/c1-13-6-7-14-4-2-3-5-18(14)24(13)15-8-10-16(11-9-15)25-20(26)19(22)17(21)12-23-25/h2-5,12-13,15-16H,6-11H2,1H3/t13-,15?,16?/m1/s1. The Bertz CT molecular complexity index is 858. The number of hydrogen-bond acceptors (Lipinski definition) is 3. The van der Waals surface area contributed by atoms with Crippen LogP contribution in [0.4, 0.5) is 5.69 Å². The molecule has 0 unspecified atom stereocenters. The highest BCUT2D eigenvalue weighted by atomic mass is 35.5. The van der Waals surface area contributed by atoms with E-state index in [1.165, 1.54) is 28.6 Å². The minimum Gasteiger partial charge on any atom is -0.366 e. The number of halogens is 2. The summed E-state index contributed by atoms with van der Waals surface area (Å²) in [5.74, 6) is 0. The molecule has 0 radical (unpaired) electrons. The smallest absolute Gasteiger partial charge is 0.287 e. The molecule has 1 fully saturated rings. The zero-order chi connectivity index (χ0) is 18.3. The van der Waals surface area contributed by atoms with E-state index in [-0.39, 0.29) is 21.6 Å². The van der Waals surface area contributed by atoms with Crippen molar-refractivity contribution in [3.8, 4) is 0 Å². The van der Waals surface area contributed by atoms with Crippen molar-refractivity contribution in [1.82, 2.24) is 9.78 Å². The first-order chi connectivity index (χ1) is 12.6. The lowest BCUT2D eigenvalue weighted by atomic mass is 9.86. The van der Waals surface area contributed by atoms with Crippen LogP contribution in [0, 0.1) is 0 Å². The molecule has 0 bridgehead atoms. The summed E-state index contributed by atoms with van der Waals surface area (Å²) in [7, 11) is 0. The van der Waals surface area contributed by atoms with Crippen LogP contribution in [0.1, 0.15) is 50.6 Å². The predicted octanol–water partition coefficient (Wildman–Crippen LogP) is 4.88. The van der Waals surface area contributed by atoms with E-state index in [1.807, 2.05) is 0 Å². The van der Waals surface area contributed by atoms with E-state index in [1.54, 1.807) is 0 Å². The molecule has 0 N–H and O–H groups in total. The van der Waals surface area contributed by atoms with Crippen molar-refractivity contribution in [2.45, 2.75) is 63.6 Å². The normalized spacial score (nSPS) is 25.8. The molecular weight excluding hydrogens is 369 g/mol. The summed E-state index contributed by atoms with van der Waals surface area (Å²) in [5, 5.41) is 4.52. The molecule has 1 aliphatic heterocycles. The maximum atomic E-state index is 12.4. The molecule has 1 saturated carbocycles. The molecule has 1 aromatic heterocycles. The molecule has 1 atom stereocenters. The lowest BCUT2D eigenvalue weighted by Gasteiger charge is -2.45. The molecular formula is C20H23Cl2N3O. The number of aromatic nitrogens is 2. The molecule has 2 heterocycles. The fraction of sp³-hybridized carbons (Fsp3) is 0.500. The van der Waals surface area contributed by atoms with Crippen LogP contribution in [0.3, 0.4) is 0 Å². The monoisotopic (exact) mass is 391 g/mol. The Labute approximate surface area is 163 Å². The summed E-state index contributed by atoms with van der Waals surface area (Å²) in [4.78, 5) is 15.0. The Morgan fingerprint density at radius 3 is 2.50 bits per heavy atom. The third-order valence-corrected chi connectivity index (χ3v) is 6.63. The number of benzene rings is 1. The van der Waals surface area contributed by atoms with Crippen LogP contribution in [0.2, 0.25) is 10.0 Å². The zero-order valence-electron chi connectivity index (χ0n) is 14.9. The first kappa shape index (κ1) is 17.9. The number of fused-ring (bicyclic) bond motifs is 1. The number of nitrogens with zero attached hydrogens (tertiary/aromatic N) is 3. The van der Waals surface area contributed by atoms with Gasteiger partial charge in [0, 0.05) is 17.8 Å². The van der Waals surface area contributed by atoms with Crippen LogP contribution >= 0.6 is 23.2 Å². The highest BCUT2D eigenvalue weighted by Gasteiger charge is 2.33. The average Bonchev–Trinajstić information content (AvgIpc) is 2.67.